The monoisotopic (exact) mass is 274 g/mol. The van der Waals surface area contributed by atoms with E-state index >= 15 is 0 Å². The van der Waals surface area contributed by atoms with Gasteiger partial charge in [0, 0.05) is 31.5 Å². The molecule has 106 valence electrons. The Labute approximate surface area is 117 Å². The molecular formula is C14H18N4O2. The lowest BCUT2D eigenvalue weighted by atomic mass is 10.2. The van der Waals surface area contributed by atoms with E-state index in [1.807, 2.05) is 12.1 Å². The third-order valence-corrected chi connectivity index (χ3v) is 3.17. The Morgan fingerprint density at radius 1 is 1.25 bits per heavy atom. The van der Waals surface area contributed by atoms with Crippen LogP contribution in [-0.4, -0.2) is 34.9 Å². The van der Waals surface area contributed by atoms with Crippen LogP contribution in [0.4, 0.5) is 0 Å². The quantitative estimate of drug-likeness (QED) is 0.804. The van der Waals surface area contributed by atoms with Crippen molar-refractivity contribution in [1.82, 2.24) is 20.5 Å². The van der Waals surface area contributed by atoms with Gasteiger partial charge < -0.3 is 14.8 Å². The van der Waals surface area contributed by atoms with Crippen LogP contribution in [-0.2, 0) is 13.0 Å². The fourth-order valence-electron chi connectivity index (χ4n) is 2.17. The van der Waals surface area contributed by atoms with Crippen molar-refractivity contribution in [1.29, 1.82) is 0 Å². The number of nitrogens with zero attached hydrogens (tertiary/aromatic N) is 2. The number of benzene rings is 1. The van der Waals surface area contributed by atoms with E-state index in [0.717, 1.165) is 55.4 Å². The highest BCUT2D eigenvalue weighted by molar-refractivity contribution is 5.47. The molecular weight excluding hydrogens is 256 g/mol. The molecule has 1 aromatic carbocycles. The van der Waals surface area contributed by atoms with Gasteiger partial charge in [0.25, 0.3) is 0 Å². The molecule has 2 N–H and O–H groups in total. The summed E-state index contributed by atoms with van der Waals surface area (Å²) in [5, 5.41) is 10.1. The molecule has 0 saturated heterocycles. The molecule has 1 aromatic heterocycles. The van der Waals surface area contributed by atoms with Crippen molar-refractivity contribution < 1.29 is 9.47 Å². The molecule has 0 atom stereocenters. The van der Waals surface area contributed by atoms with Crippen LogP contribution < -0.4 is 14.8 Å². The summed E-state index contributed by atoms with van der Waals surface area (Å²) in [7, 11) is 0. The van der Waals surface area contributed by atoms with E-state index in [0.29, 0.717) is 6.61 Å². The van der Waals surface area contributed by atoms with Crippen molar-refractivity contribution in [2.45, 2.75) is 19.4 Å². The largest absolute Gasteiger partial charge is 0.490 e. The summed E-state index contributed by atoms with van der Waals surface area (Å²) < 4.78 is 11.5. The second-order valence-corrected chi connectivity index (χ2v) is 4.65. The van der Waals surface area contributed by atoms with Crippen LogP contribution in [0.15, 0.2) is 24.5 Å². The number of nitrogens with one attached hydrogen (secondary N) is 2. The lowest BCUT2D eigenvalue weighted by Gasteiger charge is -2.12. The maximum Gasteiger partial charge on any atom is 0.165 e. The molecule has 0 spiro atoms. The van der Waals surface area contributed by atoms with Gasteiger partial charge in [-0.3, -0.25) is 5.10 Å². The molecule has 0 fully saturated rings. The Bertz CT molecular complexity index is 542. The van der Waals surface area contributed by atoms with Crippen molar-refractivity contribution in [3.05, 3.63) is 35.9 Å². The van der Waals surface area contributed by atoms with E-state index in [4.69, 9.17) is 9.47 Å². The van der Waals surface area contributed by atoms with Crippen LogP contribution in [0.3, 0.4) is 0 Å². The Kier molecular flexibility index (Phi) is 4.13. The van der Waals surface area contributed by atoms with Gasteiger partial charge in [-0.2, -0.15) is 5.10 Å². The predicted octanol–water partition coefficient (Wildman–Crippen LogP) is 1.30. The average Bonchev–Trinajstić information content (AvgIpc) is 2.87. The van der Waals surface area contributed by atoms with E-state index in [1.165, 1.54) is 6.33 Å². The third kappa shape index (κ3) is 3.08. The molecule has 3 rings (SSSR count). The molecule has 0 bridgehead atoms. The van der Waals surface area contributed by atoms with Crippen LogP contribution in [0, 0.1) is 0 Å². The van der Waals surface area contributed by atoms with Crippen LogP contribution in [0.1, 0.15) is 17.8 Å². The molecule has 6 nitrogen and oxygen atoms in total. The van der Waals surface area contributed by atoms with Gasteiger partial charge >= 0.3 is 0 Å². The first-order valence-electron chi connectivity index (χ1n) is 6.86. The molecule has 6 heteroatoms. The molecule has 2 heterocycles. The molecule has 0 saturated carbocycles. The van der Waals surface area contributed by atoms with Gasteiger partial charge in [-0.15, -0.1) is 0 Å². The normalized spacial score (nSPS) is 14.0. The maximum atomic E-state index is 5.79. The van der Waals surface area contributed by atoms with Crippen molar-refractivity contribution in [3.63, 3.8) is 0 Å². The molecule has 0 amide bonds. The van der Waals surface area contributed by atoms with E-state index < -0.39 is 0 Å². The highest BCUT2D eigenvalue weighted by Gasteiger charge is 2.13. The Balaban J connectivity index is 1.57. The number of ether oxygens (including phenoxy) is 2. The molecule has 0 radical (unpaired) electrons. The number of H-pyrrole nitrogens is 1. The number of para-hydroxylation sites is 1. The molecule has 1 aliphatic heterocycles. The van der Waals surface area contributed by atoms with Gasteiger partial charge in [0.05, 0.1) is 13.2 Å². The van der Waals surface area contributed by atoms with Gasteiger partial charge in [0.15, 0.2) is 11.5 Å². The Morgan fingerprint density at radius 3 is 3.10 bits per heavy atom. The number of aromatic amines is 1. The zero-order valence-electron chi connectivity index (χ0n) is 11.3. The number of fused-ring (bicyclic) bond motifs is 1. The summed E-state index contributed by atoms with van der Waals surface area (Å²) in [4.78, 5) is 4.09. The lowest BCUT2D eigenvalue weighted by molar-refractivity contribution is 0.296. The lowest BCUT2D eigenvalue weighted by Crippen LogP contribution is -2.17. The minimum absolute atomic E-state index is 0.710. The highest BCUT2D eigenvalue weighted by atomic mass is 16.5. The van der Waals surface area contributed by atoms with E-state index in [9.17, 15) is 0 Å². The standard InChI is InChI=1S/C14H18N4O2/c1-3-11(9-15-6-5-13-16-10-17-18-13)14-12(4-1)19-7-2-8-20-14/h1,3-4,10,15H,2,5-9H2,(H,16,17,18). The summed E-state index contributed by atoms with van der Waals surface area (Å²) >= 11 is 0. The fraction of sp³-hybridized carbons (Fsp3) is 0.429. The predicted molar refractivity (Wildman–Crippen MR) is 73.8 cm³/mol. The average molecular weight is 274 g/mol. The SMILES string of the molecule is c1cc(CNCCc2ncn[nH]2)c2c(c1)OCCCO2. The zero-order valence-corrected chi connectivity index (χ0v) is 11.3. The van der Waals surface area contributed by atoms with Crippen molar-refractivity contribution >= 4 is 0 Å². The molecule has 20 heavy (non-hydrogen) atoms. The smallest absolute Gasteiger partial charge is 0.165 e. The zero-order chi connectivity index (χ0) is 13.6. The Hall–Kier alpha value is -2.08. The van der Waals surface area contributed by atoms with Crippen molar-refractivity contribution in [2.24, 2.45) is 0 Å². The minimum Gasteiger partial charge on any atom is -0.490 e. The van der Waals surface area contributed by atoms with Crippen LogP contribution in [0.2, 0.25) is 0 Å². The fourth-order valence-corrected chi connectivity index (χ4v) is 2.17. The van der Waals surface area contributed by atoms with E-state index in [1.54, 1.807) is 0 Å². The molecule has 0 unspecified atom stereocenters. The summed E-state index contributed by atoms with van der Waals surface area (Å²) in [6.45, 7) is 3.01. The van der Waals surface area contributed by atoms with Crippen molar-refractivity contribution in [3.8, 4) is 11.5 Å². The van der Waals surface area contributed by atoms with Crippen LogP contribution in [0.25, 0.3) is 0 Å². The molecule has 2 aromatic rings. The topological polar surface area (TPSA) is 72.1 Å². The minimum atomic E-state index is 0.710. The van der Waals surface area contributed by atoms with E-state index in [-0.39, 0.29) is 0 Å². The first-order valence-corrected chi connectivity index (χ1v) is 6.86. The number of rotatable bonds is 5. The Morgan fingerprint density at radius 2 is 2.20 bits per heavy atom. The summed E-state index contributed by atoms with van der Waals surface area (Å²) in [5.74, 6) is 2.61. The van der Waals surface area contributed by atoms with Gasteiger partial charge in [-0.25, -0.2) is 4.98 Å². The number of aromatic nitrogens is 3. The molecule has 1 aliphatic rings. The maximum absolute atomic E-state index is 5.79. The van der Waals surface area contributed by atoms with Gasteiger partial charge in [-0.05, 0) is 6.07 Å². The first kappa shape index (κ1) is 12.9. The van der Waals surface area contributed by atoms with E-state index in [2.05, 4.69) is 26.6 Å². The second kappa shape index (κ2) is 6.38. The third-order valence-electron chi connectivity index (χ3n) is 3.17. The summed E-state index contributed by atoms with van der Waals surface area (Å²) in [6.07, 6.45) is 3.27. The van der Waals surface area contributed by atoms with Crippen molar-refractivity contribution in [2.75, 3.05) is 19.8 Å². The number of hydrogen-bond donors (Lipinski definition) is 2. The summed E-state index contributed by atoms with van der Waals surface area (Å²) in [5.41, 5.74) is 1.13. The van der Waals surface area contributed by atoms with Gasteiger partial charge in [0.2, 0.25) is 0 Å². The first-order chi connectivity index (χ1) is 9.93. The van der Waals surface area contributed by atoms with Crippen LogP contribution >= 0.6 is 0 Å². The highest BCUT2D eigenvalue weighted by Crippen LogP contribution is 2.32. The second-order valence-electron chi connectivity index (χ2n) is 4.65. The van der Waals surface area contributed by atoms with Gasteiger partial charge in [0.1, 0.15) is 12.2 Å². The summed E-state index contributed by atoms with van der Waals surface area (Å²) in [6, 6.07) is 6.02. The van der Waals surface area contributed by atoms with Crippen LogP contribution in [0.5, 0.6) is 11.5 Å². The molecule has 0 aliphatic carbocycles. The van der Waals surface area contributed by atoms with Gasteiger partial charge in [-0.1, -0.05) is 12.1 Å². The number of hydrogen-bond acceptors (Lipinski definition) is 5.